The molecular formula is C18H25N5O3. The van der Waals surface area contributed by atoms with Crippen molar-refractivity contribution < 1.29 is 14.0 Å². The number of carbonyl (C=O) groups is 2. The zero-order valence-electron chi connectivity index (χ0n) is 15.6. The van der Waals surface area contributed by atoms with E-state index >= 15 is 0 Å². The highest BCUT2D eigenvalue weighted by molar-refractivity contribution is 5.92. The lowest BCUT2D eigenvalue weighted by Gasteiger charge is -2.43. The Morgan fingerprint density at radius 3 is 2.81 bits per heavy atom. The van der Waals surface area contributed by atoms with Crippen LogP contribution in [0.15, 0.2) is 22.7 Å². The fourth-order valence-corrected chi connectivity index (χ4v) is 3.56. The molecule has 2 unspecified atom stereocenters. The summed E-state index contributed by atoms with van der Waals surface area (Å²) in [6, 6.07) is 3.56. The zero-order chi connectivity index (χ0) is 18.9. The third kappa shape index (κ3) is 3.95. The number of amides is 2. The minimum atomic E-state index is -0.357. The average Bonchev–Trinajstić information content (AvgIpc) is 3.23. The third-order valence-corrected chi connectivity index (χ3v) is 4.71. The first-order valence-electron chi connectivity index (χ1n) is 8.77. The Labute approximate surface area is 152 Å². The van der Waals surface area contributed by atoms with Crippen molar-refractivity contribution in [1.29, 1.82) is 0 Å². The molecule has 1 aliphatic heterocycles. The highest BCUT2D eigenvalue weighted by Crippen LogP contribution is 2.31. The zero-order valence-corrected chi connectivity index (χ0v) is 15.6. The molecule has 3 rings (SSSR count). The summed E-state index contributed by atoms with van der Waals surface area (Å²) in [5, 5.41) is 12.9. The van der Waals surface area contributed by atoms with Crippen molar-refractivity contribution in [3.8, 4) is 0 Å². The maximum Gasteiger partial charge on any atom is 0.273 e. The molecule has 2 aromatic heterocycles. The van der Waals surface area contributed by atoms with Crippen molar-refractivity contribution >= 4 is 11.8 Å². The van der Waals surface area contributed by atoms with Crippen LogP contribution in [0.5, 0.6) is 0 Å². The van der Waals surface area contributed by atoms with Crippen molar-refractivity contribution in [2.75, 3.05) is 13.1 Å². The van der Waals surface area contributed by atoms with Gasteiger partial charge < -0.3 is 14.6 Å². The largest absolute Gasteiger partial charge is 0.466 e. The van der Waals surface area contributed by atoms with Crippen LogP contribution in [0.1, 0.15) is 55.1 Å². The molecule has 2 aromatic rings. The number of likely N-dealkylation sites (tertiary alicyclic amines) is 1. The number of aromatic nitrogens is 3. The second-order valence-electron chi connectivity index (χ2n) is 7.78. The Balaban J connectivity index is 1.70. The molecule has 0 saturated carbocycles. The van der Waals surface area contributed by atoms with Gasteiger partial charge in [-0.25, -0.2) is 0 Å². The van der Waals surface area contributed by atoms with Crippen LogP contribution >= 0.6 is 0 Å². The summed E-state index contributed by atoms with van der Waals surface area (Å²) in [6.45, 7) is 9.03. The molecule has 26 heavy (non-hydrogen) atoms. The van der Waals surface area contributed by atoms with Gasteiger partial charge in [-0.3, -0.25) is 9.59 Å². The van der Waals surface area contributed by atoms with E-state index in [0.29, 0.717) is 18.8 Å². The Kier molecular flexibility index (Phi) is 4.84. The van der Waals surface area contributed by atoms with Gasteiger partial charge in [0.25, 0.3) is 5.91 Å². The van der Waals surface area contributed by atoms with Gasteiger partial charge in [-0.2, -0.15) is 15.4 Å². The maximum absolute atomic E-state index is 13.0. The van der Waals surface area contributed by atoms with Gasteiger partial charge in [0.2, 0.25) is 5.91 Å². The minimum Gasteiger partial charge on any atom is -0.466 e. The first-order valence-corrected chi connectivity index (χ1v) is 8.77. The number of hydrogen-bond donors (Lipinski definition) is 2. The molecule has 1 saturated heterocycles. The smallest absolute Gasteiger partial charge is 0.273 e. The number of furan rings is 1. The summed E-state index contributed by atoms with van der Waals surface area (Å²) >= 11 is 0. The van der Waals surface area contributed by atoms with E-state index in [4.69, 9.17) is 4.42 Å². The Hall–Kier alpha value is -2.64. The summed E-state index contributed by atoms with van der Waals surface area (Å²) in [5.74, 6) is 0.816. The van der Waals surface area contributed by atoms with Gasteiger partial charge in [-0.15, -0.1) is 0 Å². The van der Waals surface area contributed by atoms with Crippen molar-refractivity contribution in [2.24, 2.45) is 5.41 Å². The molecule has 0 bridgehead atoms. The Bertz CT molecular complexity index is 781. The summed E-state index contributed by atoms with van der Waals surface area (Å²) in [6.07, 6.45) is 2.17. The van der Waals surface area contributed by atoms with Crippen LogP contribution in [0.4, 0.5) is 0 Å². The summed E-state index contributed by atoms with van der Waals surface area (Å²) < 4.78 is 5.61. The van der Waals surface area contributed by atoms with Crippen LogP contribution in [-0.2, 0) is 4.79 Å². The quantitative estimate of drug-likeness (QED) is 0.867. The molecule has 0 aliphatic carbocycles. The van der Waals surface area contributed by atoms with Crippen LogP contribution in [0.3, 0.4) is 0 Å². The normalized spacial score (nSPS) is 20.6. The predicted molar refractivity (Wildman–Crippen MR) is 94.5 cm³/mol. The first kappa shape index (κ1) is 18.2. The molecule has 1 aliphatic rings. The van der Waals surface area contributed by atoms with Gasteiger partial charge in [0.15, 0.2) is 5.69 Å². The van der Waals surface area contributed by atoms with E-state index in [-0.39, 0.29) is 34.9 Å². The Morgan fingerprint density at radius 2 is 2.19 bits per heavy atom. The number of aryl methyl sites for hydroxylation is 1. The number of carbonyl (C=O) groups excluding carboxylic acids is 2. The second kappa shape index (κ2) is 6.93. The van der Waals surface area contributed by atoms with Gasteiger partial charge in [-0.1, -0.05) is 13.8 Å². The lowest BCUT2D eigenvalue weighted by atomic mass is 9.81. The van der Waals surface area contributed by atoms with Crippen LogP contribution < -0.4 is 5.32 Å². The van der Waals surface area contributed by atoms with Gasteiger partial charge in [-0.05, 0) is 37.8 Å². The molecular weight excluding hydrogens is 334 g/mol. The number of aromatic amines is 1. The van der Waals surface area contributed by atoms with Gasteiger partial charge in [0.05, 0.1) is 12.1 Å². The highest BCUT2D eigenvalue weighted by atomic mass is 16.3. The van der Waals surface area contributed by atoms with Crippen molar-refractivity contribution in [2.45, 2.75) is 46.1 Å². The van der Waals surface area contributed by atoms with Crippen molar-refractivity contribution in [3.05, 3.63) is 35.5 Å². The SMILES string of the molecule is Cc1ccc(C(C)C(=O)N2CC(NC(=O)c3cn[nH]n3)CC(C)(C)C2)o1. The van der Waals surface area contributed by atoms with Crippen molar-refractivity contribution in [1.82, 2.24) is 25.6 Å². The fraction of sp³-hybridized carbons (Fsp3) is 0.556. The van der Waals surface area contributed by atoms with E-state index in [2.05, 4.69) is 34.6 Å². The number of rotatable bonds is 4. The van der Waals surface area contributed by atoms with E-state index in [9.17, 15) is 9.59 Å². The number of H-pyrrole nitrogens is 1. The van der Waals surface area contributed by atoms with E-state index in [1.807, 2.05) is 30.9 Å². The topological polar surface area (TPSA) is 104 Å². The first-order chi connectivity index (χ1) is 12.2. The predicted octanol–water partition coefficient (Wildman–Crippen LogP) is 1.87. The van der Waals surface area contributed by atoms with E-state index < -0.39 is 0 Å². The van der Waals surface area contributed by atoms with Crippen LogP contribution in [0.25, 0.3) is 0 Å². The number of piperidine rings is 1. The molecule has 2 N–H and O–H groups in total. The third-order valence-electron chi connectivity index (χ3n) is 4.71. The lowest BCUT2D eigenvalue weighted by molar-refractivity contribution is -0.136. The number of hydrogen-bond acceptors (Lipinski definition) is 5. The minimum absolute atomic E-state index is 0.00723. The van der Waals surface area contributed by atoms with Crippen LogP contribution in [0, 0.1) is 12.3 Å². The Morgan fingerprint density at radius 1 is 1.42 bits per heavy atom. The van der Waals surface area contributed by atoms with Crippen LogP contribution in [-0.4, -0.2) is 51.3 Å². The molecule has 1 fully saturated rings. The van der Waals surface area contributed by atoms with Gasteiger partial charge in [0, 0.05) is 19.1 Å². The van der Waals surface area contributed by atoms with E-state index in [1.54, 1.807) is 0 Å². The number of nitrogens with zero attached hydrogens (tertiary/aromatic N) is 3. The molecule has 0 spiro atoms. The van der Waals surface area contributed by atoms with Gasteiger partial charge in [0.1, 0.15) is 11.5 Å². The lowest BCUT2D eigenvalue weighted by Crippen LogP contribution is -2.55. The monoisotopic (exact) mass is 359 g/mol. The summed E-state index contributed by atoms with van der Waals surface area (Å²) in [4.78, 5) is 27.1. The second-order valence-corrected chi connectivity index (χ2v) is 7.78. The molecule has 0 radical (unpaired) electrons. The summed E-state index contributed by atoms with van der Waals surface area (Å²) in [7, 11) is 0. The fourth-order valence-electron chi connectivity index (χ4n) is 3.56. The summed E-state index contributed by atoms with van der Waals surface area (Å²) in [5.41, 5.74) is 0.139. The van der Waals surface area contributed by atoms with Gasteiger partial charge >= 0.3 is 0 Å². The molecule has 0 aromatic carbocycles. The molecule has 2 atom stereocenters. The van der Waals surface area contributed by atoms with E-state index in [0.717, 1.165) is 12.2 Å². The average molecular weight is 359 g/mol. The molecule has 8 heteroatoms. The molecule has 8 nitrogen and oxygen atoms in total. The molecule has 3 heterocycles. The standard InChI is InChI=1S/C18H25N5O3/c1-11-5-6-15(26-11)12(2)17(25)23-9-13(7-18(3,4)10-23)20-16(24)14-8-19-22-21-14/h5-6,8,12-13H,7,9-10H2,1-4H3,(H,20,24)(H,19,21,22). The van der Waals surface area contributed by atoms with E-state index in [1.165, 1.54) is 6.20 Å². The van der Waals surface area contributed by atoms with Crippen LogP contribution in [0.2, 0.25) is 0 Å². The molecule has 2 amide bonds. The molecule has 140 valence electrons. The van der Waals surface area contributed by atoms with Crippen molar-refractivity contribution in [3.63, 3.8) is 0 Å². The number of nitrogens with one attached hydrogen (secondary N) is 2. The maximum atomic E-state index is 13.0. The highest BCUT2D eigenvalue weighted by Gasteiger charge is 2.37.